The highest BCUT2D eigenvalue weighted by atomic mass is 79.9. The molecule has 1 N–H and O–H groups in total. The zero-order valence-electron chi connectivity index (χ0n) is 9.98. The average Bonchev–Trinajstić information content (AvgIpc) is 2.58. The Morgan fingerprint density at radius 2 is 2.12 bits per heavy atom. The fourth-order valence-corrected chi connectivity index (χ4v) is 1.94. The summed E-state index contributed by atoms with van der Waals surface area (Å²) in [6.07, 6.45) is 4.09. The van der Waals surface area contributed by atoms with Crippen molar-refractivity contribution in [3.63, 3.8) is 0 Å². The van der Waals surface area contributed by atoms with E-state index in [0.717, 1.165) is 28.9 Å². The quantitative estimate of drug-likeness (QED) is 0.937. The van der Waals surface area contributed by atoms with Crippen LogP contribution in [0.2, 0.25) is 0 Å². The van der Waals surface area contributed by atoms with Crippen LogP contribution in [0.1, 0.15) is 19.5 Å². The van der Waals surface area contributed by atoms with Gasteiger partial charge in [-0.25, -0.2) is 4.98 Å². The highest BCUT2D eigenvalue weighted by Crippen LogP contribution is 2.12. The number of hydrogen-bond donors (Lipinski definition) is 1. The third-order valence-electron chi connectivity index (χ3n) is 2.32. The molecule has 0 radical (unpaired) electrons. The number of pyridine rings is 1. The maximum absolute atomic E-state index is 4.53. The summed E-state index contributed by atoms with van der Waals surface area (Å²) in [5.41, 5.74) is 2.07. The highest BCUT2D eigenvalue weighted by molar-refractivity contribution is 9.10. The number of nitrogens with one attached hydrogen (secondary N) is 1. The number of aromatic nitrogens is 2. The molecule has 0 unspecified atom stereocenters. The molecule has 2 aromatic heterocycles. The lowest BCUT2D eigenvalue weighted by Gasteiger charge is -2.04. The standard InChI is InChI=1S/C12H16BrN3.ClH/c1-9(2)5-14-6-11-8-16-7-10(13)3-4-12(16)15-11;/h3-4,7-9,14H,5-6H2,1-2H3;1H. The van der Waals surface area contributed by atoms with Crippen LogP contribution in [0.5, 0.6) is 0 Å². The topological polar surface area (TPSA) is 29.3 Å². The van der Waals surface area contributed by atoms with Crippen LogP contribution in [0.25, 0.3) is 5.65 Å². The van der Waals surface area contributed by atoms with Gasteiger partial charge < -0.3 is 9.72 Å². The molecule has 2 heterocycles. The lowest BCUT2D eigenvalue weighted by Crippen LogP contribution is -2.19. The number of hydrogen-bond acceptors (Lipinski definition) is 2. The minimum atomic E-state index is 0. The van der Waals surface area contributed by atoms with Crippen LogP contribution in [-0.2, 0) is 6.54 Å². The van der Waals surface area contributed by atoms with Gasteiger partial charge in [-0.05, 0) is 40.5 Å². The van der Waals surface area contributed by atoms with Gasteiger partial charge in [0.05, 0.1) is 5.69 Å². The number of fused-ring (bicyclic) bond motifs is 1. The number of rotatable bonds is 4. The summed E-state index contributed by atoms with van der Waals surface area (Å²) >= 11 is 3.45. The van der Waals surface area contributed by atoms with Crippen molar-refractivity contribution in [3.05, 3.63) is 34.7 Å². The number of nitrogens with zero attached hydrogens (tertiary/aromatic N) is 2. The summed E-state index contributed by atoms with van der Waals surface area (Å²) in [6.45, 7) is 6.26. The van der Waals surface area contributed by atoms with Crippen LogP contribution in [-0.4, -0.2) is 15.9 Å². The number of halogens is 2. The third-order valence-corrected chi connectivity index (χ3v) is 2.79. The van der Waals surface area contributed by atoms with Gasteiger partial charge in [0.25, 0.3) is 0 Å². The van der Waals surface area contributed by atoms with E-state index in [4.69, 9.17) is 0 Å². The summed E-state index contributed by atoms with van der Waals surface area (Å²) in [4.78, 5) is 4.53. The molecule has 0 atom stereocenters. The maximum Gasteiger partial charge on any atom is 0.137 e. The fourth-order valence-electron chi connectivity index (χ4n) is 1.59. The molecule has 2 aromatic rings. The molecule has 0 aromatic carbocycles. The zero-order chi connectivity index (χ0) is 11.5. The van der Waals surface area contributed by atoms with Gasteiger partial charge in [-0.1, -0.05) is 13.8 Å². The van der Waals surface area contributed by atoms with Gasteiger partial charge in [-0.15, -0.1) is 12.4 Å². The molecule has 0 aliphatic heterocycles. The van der Waals surface area contributed by atoms with Gasteiger partial charge in [0.1, 0.15) is 5.65 Å². The SMILES string of the molecule is CC(C)CNCc1cn2cc(Br)ccc2n1.Cl. The average molecular weight is 319 g/mol. The summed E-state index contributed by atoms with van der Waals surface area (Å²) in [7, 11) is 0. The van der Waals surface area contributed by atoms with Crippen LogP contribution in [0.3, 0.4) is 0 Å². The predicted molar refractivity (Wildman–Crippen MR) is 76.7 cm³/mol. The Balaban J connectivity index is 0.00000144. The van der Waals surface area contributed by atoms with Crippen molar-refractivity contribution in [2.45, 2.75) is 20.4 Å². The van der Waals surface area contributed by atoms with Crippen LogP contribution in [0, 0.1) is 5.92 Å². The van der Waals surface area contributed by atoms with E-state index in [1.807, 2.05) is 22.7 Å². The van der Waals surface area contributed by atoms with E-state index in [1.54, 1.807) is 0 Å². The molecule has 94 valence electrons. The zero-order valence-corrected chi connectivity index (χ0v) is 12.4. The van der Waals surface area contributed by atoms with Gasteiger partial charge in [0.2, 0.25) is 0 Å². The van der Waals surface area contributed by atoms with E-state index in [0.29, 0.717) is 5.92 Å². The van der Waals surface area contributed by atoms with Crippen molar-refractivity contribution >= 4 is 34.0 Å². The minimum absolute atomic E-state index is 0. The maximum atomic E-state index is 4.53. The van der Waals surface area contributed by atoms with Crippen molar-refractivity contribution in [1.29, 1.82) is 0 Å². The fraction of sp³-hybridized carbons (Fsp3) is 0.417. The largest absolute Gasteiger partial charge is 0.311 e. The van der Waals surface area contributed by atoms with Crippen LogP contribution >= 0.6 is 28.3 Å². The molecular formula is C12H17BrClN3. The van der Waals surface area contributed by atoms with E-state index in [9.17, 15) is 0 Å². The molecule has 17 heavy (non-hydrogen) atoms. The Bertz CT molecular complexity index is 482. The molecule has 0 bridgehead atoms. The molecule has 0 saturated heterocycles. The van der Waals surface area contributed by atoms with Crippen LogP contribution < -0.4 is 5.32 Å². The van der Waals surface area contributed by atoms with Crippen molar-refractivity contribution < 1.29 is 0 Å². The Labute approximate surface area is 116 Å². The van der Waals surface area contributed by atoms with Crippen molar-refractivity contribution in [3.8, 4) is 0 Å². The molecule has 0 amide bonds. The first-order valence-corrected chi connectivity index (χ1v) is 6.28. The first-order valence-electron chi connectivity index (χ1n) is 5.49. The normalized spacial score (nSPS) is 10.8. The minimum Gasteiger partial charge on any atom is -0.311 e. The Morgan fingerprint density at radius 3 is 2.82 bits per heavy atom. The molecule has 2 rings (SSSR count). The second-order valence-corrected chi connectivity index (χ2v) is 5.29. The van der Waals surface area contributed by atoms with Gasteiger partial charge in [0.15, 0.2) is 0 Å². The molecule has 0 saturated carbocycles. The summed E-state index contributed by atoms with van der Waals surface area (Å²) < 4.78 is 3.11. The smallest absolute Gasteiger partial charge is 0.137 e. The van der Waals surface area contributed by atoms with E-state index < -0.39 is 0 Å². The lowest BCUT2D eigenvalue weighted by molar-refractivity contribution is 0.549. The lowest BCUT2D eigenvalue weighted by atomic mass is 10.2. The predicted octanol–water partition coefficient (Wildman–Crippen LogP) is 3.26. The van der Waals surface area contributed by atoms with E-state index in [-0.39, 0.29) is 12.4 Å². The van der Waals surface area contributed by atoms with Crippen molar-refractivity contribution in [2.75, 3.05) is 6.54 Å². The Hall–Kier alpha value is -0.580. The third kappa shape index (κ3) is 3.98. The summed E-state index contributed by atoms with van der Waals surface area (Å²) in [5, 5.41) is 3.39. The van der Waals surface area contributed by atoms with Gasteiger partial charge in [-0.3, -0.25) is 0 Å². The molecule has 0 aliphatic rings. The second kappa shape index (κ2) is 6.38. The summed E-state index contributed by atoms with van der Waals surface area (Å²) in [5.74, 6) is 0.672. The van der Waals surface area contributed by atoms with E-state index in [1.165, 1.54) is 0 Å². The molecule has 5 heteroatoms. The Kier molecular flexibility index (Phi) is 5.43. The Morgan fingerprint density at radius 1 is 1.35 bits per heavy atom. The van der Waals surface area contributed by atoms with Crippen molar-refractivity contribution in [2.24, 2.45) is 5.92 Å². The molecule has 3 nitrogen and oxygen atoms in total. The first-order chi connectivity index (χ1) is 7.65. The highest BCUT2D eigenvalue weighted by Gasteiger charge is 2.01. The molecular weight excluding hydrogens is 302 g/mol. The number of imidazole rings is 1. The van der Waals surface area contributed by atoms with Gasteiger partial charge in [0, 0.05) is 23.4 Å². The van der Waals surface area contributed by atoms with Crippen LogP contribution in [0.4, 0.5) is 0 Å². The van der Waals surface area contributed by atoms with Crippen LogP contribution in [0.15, 0.2) is 29.0 Å². The molecule has 0 fully saturated rings. The monoisotopic (exact) mass is 317 g/mol. The first kappa shape index (κ1) is 14.5. The molecule has 0 spiro atoms. The summed E-state index contributed by atoms with van der Waals surface area (Å²) in [6, 6.07) is 4.02. The van der Waals surface area contributed by atoms with E-state index in [2.05, 4.69) is 46.3 Å². The van der Waals surface area contributed by atoms with E-state index >= 15 is 0 Å². The molecule has 0 aliphatic carbocycles. The van der Waals surface area contributed by atoms with Gasteiger partial charge >= 0.3 is 0 Å². The van der Waals surface area contributed by atoms with Gasteiger partial charge in [-0.2, -0.15) is 0 Å². The second-order valence-electron chi connectivity index (χ2n) is 4.37. The van der Waals surface area contributed by atoms with Crippen molar-refractivity contribution in [1.82, 2.24) is 14.7 Å².